The normalized spacial score (nSPS) is 22.4. The van der Waals surface area contributed by atoms with Crippen LogP contribution in [0.3, 0.4) is 0 Å². The first-order valence-electron chi connectivity index (χ1n) is 20.3. The summed E-state index contributed by atoms with van der Waals surface area (Å²) in [5.41, 5.74) is 2.66. The number of phenolic OH excluding ortho intramolecular Hbond substituents is 1. The van der Waals surface area contributed by atoms with E-state index in [-0.39, 0.29) is 52.4 Å². The first-order valence-corrected chi connectivity index (χ1v) is 22.2. The molecule has 3 aliphatic rings. The lowest BCUT2D eigenvalue weighted by Gasteiger charge is -2.44. The summed E-state index contributed by atoms with van der Waals surface area (Å²) in [4.78, 5) is 81.9. The molecule has 1 saturated heterocycles. The van der Waals surface area contributed by atoms with Crippen LogP contribution in [0.4, 0.5) is 11.4 Å². The zero-order valence-corrected chi connectivity index (χ0v) is 37.2. The van der Waals surface area contributed by atoms with E-state index in [1.807, 2.05) is 36.4 Å². The molecule has 3 unspecified atom stereocenters. The van der Waals surface area contributed by atoms with Gasteiger partial charge in [-0.1, -0.05) is 48.5 Å². The zero-order valence-electron chi connectivity index (χ0n) is 34.9. The minimum absolute atomic E-state index is 0.0380. The van der Waals surface area contributed by atoms with Crippen molar-refractivity contribution >= 4 is 103 Å². The van der Waals surface area contributed by atoms with E-state index in [0.29, 0.717) is 39.0 Å². The van der Waals surface area contributed by atoms with Gasteiger partial charge in [0.1, 0.15) is 24.2 Å². The molecule has 2 amide bonds. The van der Waals surface area contributed by atoms with Crippen LogP contribution in [-0.2, 0) is 42.9 Å². The maximum Gasteiger partial charge on any atom is 0.303 e. The fourth-order valence-electron chi connectivity index (χ4n) is 8.82. The van der Waals surface area contributed by atoms with E-state index in [1.54, 1.807) is 46.2 Å². The summed E-state index contributed by atoms with van der Waals surface area (Å²) in [7, 11) is 0. The number of phenols is 1. The van der Waals surface area contributed by atoms with Crippen molar-refractivity contribution in [3.05, 3.63) is 93.7 Å². The number of amides is 2. The van der Waals surface area contributed by atoms with Gasteiger partial charge in [0, 0.05) is 87.3 Å². The van der Waals surface area contributed by atoms with Crippen LogP contribution < -0.4 is 14.5 Å². The van der Waals surface area contributed by atoms with Crippen LogP contribution in [0.15, 0.2) is 72.8 Å². The van der Waals surface area contributed by atoms with Gasteiger partial charge in [-0.2, -0.15) is 0 Å². The number of carbonyl (C=O) groups is 6. The Morgan fingerprint density at radius 3 is 1.67 bits per heavy atom. The number of benzene rings is 4. The maximum absolute atomic E-state index is 14.6. The average Bonchev–Trinajstić information content (AvgIpc) is 4.00. The van der Waals surface area contributed by atoms with Gasteiger partial charge in [-0.25, -0.2) is 0 Å². The van der Waals surface area contributed by atoms with E-state index in [4.69, 9.17) is 51.6 Å². The third kappa shape index (κ3) is 8.42. The predicted octanol–water partition coefficient (Wildman–Crippen LogP) is 7.19. The monoisotopic (exact) mass is 932 g/mol. The summed E-state index contributed by atoms with van der Waals surface area (Å²) in [6, 6.07) is 21.1. The lowest BCUT2D eigenvalue weighted by molar-refractivity contribution is -0.288. The lowest BCUT2D eigenvalue weighted by Crippen LogP contribution is -2.63. The second-order valence-electron chi connectivity index (χ2n) is 15.6. The van der Waals surface area contributed by atoms with Gasteiger partial charge in [-0.3, -0.25) is 28.8 Å². The van der Waals surface area contributed by atoms with Crippen molar-refractivity contribution in [1.29, 1.82) is 0 Å². The Morgan fingerprint density at radius 2 is 1.14 bits per heavy atom. The van der Waals surface area contributed by atoms with Gasteiger partial charge >= 0.3 is 23.9 Å². The second kappa shape index (κ2) is 18.3. The Morgan fingerprint density at radius 1 is 0.656 bits per heavy atom. The molecule has 1 fully saturated rings. The van der Waals surface area contributed by atoms with Crippen LogP contribution in [0.25, 0.3) is 21.5 Å². The van der Waals surface area contributed by atoms with Gasteiger partial charge in [0.2, 0.25) is 12.4 Å². The first-order chi connectivity index (χ1) is 30.7. The first kappa shape index (κ1) is 44.7. The Kier molecular flexibility index (Phi) is 12.8. The van der Waals surface area contributed by atoms with Crippen molar-refractivity contribution in [3.8, 4) is 11.5 Å². The number of hydrogen-bond donors (Lipinski definition) is 1. The number of rotatable bonds is 11. The molecule has 3 aliphatic heterocycles. The Hall–Kier alpha value is -5.94. The molecule has 0 saturated carbocycles. The highest BCUT2D eigenvalue weighted by molar-refractivity contribution is 7.16. The molecule has 8 rings (SSSR count). The second-order valence-corrected chi connectivity index (χ2v) is 17.3. The predicted molar refractivity (Wildman–Crippen MR) is 237 cm³/mol. The third-order valence-electron chi connectivity index (χ3n) is 11.4. The van der Waals surface area contributed by atoms with Gasteiger partial charge in [-0.05, 0) is 34.0 Å². The smallest absolute Gasteiger partial charge is 0.303 e. The minimum atomic E-state index is -1.55. The number of nitrogens with zero attached hydrogens (tertiary/aromatic N) is 2. The molecule has 0 bridgehead atoms. The number of fused-ring (bicyclic) bond motifs is 6. The van der Waals surface area contributed by atoms with Gasteiger partial charge in [0.15, 0.2) is 12.2 Å². The summed E-state index contributed by atoms with van der Waals surface area (Å²) in [6.07, 6.45) is -7.18. The van der Waals surface area contributed by atoms with E-state index in [1.165, 1.54) is 6.92 Å². The molecule has 64 heavy (non-hydrogen) atoms. The fourth-order valence-corrected chi connectivity index (χ4v) is 10.2. The molecule has 15 nitrogen and oxygen atoms in total. The maximum atomic E-state index is 14.6. The van der Waals surface area contributed by atoms with Crippen molar-refractivity contribution in [2.24, 2.45) is 0 Å². The molecular formula is C46H42Cl2N2O13S. The van der Waals surface area contributed by atoms with Gasteiger partial charge in [-0.15, -0.1) is 34.5 Å². The van der Waals surface area contributed by atoms with Gasteiger partial charge in [0.05, 0.1) is 21.1 Å². The number of ether oxygens (including phenoxy) is 6. The molecular weight excluding hydrogens is 891 g/mol. The molecule has 1 aromatic heterocycles. The number of carbonyl (C=O) groups excluding carboxylic acids is 6. The molecule has 1 N–H and O–H groups in total. The number of thiophene rings is 1. The number of esters is 4. The van der Waals surface area contributed by atoms with Crippen LogP contribution in [0.2, 0.25) is 0 Å². The molecule has 334 valence electrons. The van der Waals surface area contributed by atoms with Gasteiger partial charge in [0.25, 0.3) is 11.8 Å². The quantitative estimate of drug-likeness (QED) is 0.0799. The fraction of sp³-hybridized carbons (Fsp3) is 0.348. The highest BCUT2D eigenvalue weighted by Gasteiger charge is 2.54. The Balaban J connectivity index is 1.14. The van der Waals surface area contributed by atoms with E-state index < -0.39 is 67.1 Å². The Bertz CT molecular complexity index is 2710. The largest absolute Gasteiger partial charge is 0.507 e. The van der Waals surface area contributed by atoms with E-state index >= 15 is 0 Å². The van der Waals surface area contributed by atoms with E-state index in [2.05, 4.69) is 0 Å². The highest BCUT2D eigenvalue weighted by Crippen LogP contribution is 2.48. The number of hydrogen-bond acceptors (Lipinski definition) is 14. The van der Waals surface area contributed by atoms with Crippen molar-refractivity contribution in [2.75, 3.05) is 41.3 Å². The van der Waals surface area contributed by atoms with Crippen LogP contribution >= 0.6 is 34.5 Å². The third-order valence-corrected chi connectivity index (χ3v) is 13.2. The minimum Gasteiger partial charge on any atom is -0.507 e. The number of aromatic hydroxyl groups is 1. The number of alkyl halides is 2. The molecule has 4 heterocycles. The molecule has 0 radical (unpaired) electrons. The number of anilines is 2. The summed E-state index contributed by atoms with van der Waals surface area (Å²) in [6.45, 7) is 4.58. The molecule has 18 heteroatoms. The lowest BCUT2D eigenvalue weighted by atomic mass is 9.95. The van der Waals surface area contributed by atoms with Gasteiger partial charge < -0.3 is 43.3 Å². The molecule has 4 aromatic carbocycles. The summed E-state index contributed by atoms with van der Waals surface area (Å²) >= 11 is 14.1. The van der Waals surface area contributed by atoms with Crippen LogP contribution in [-0.4, -0.2) is 103 Å². The van der Waals surface area contributed by atoms with Crippen molar-refractivity contribution in [2.45, 2.75) is 70.2 Å². The summed E-state index contributed by atoms with van der Waals surface area (Å²) in [5, 5.41) is 13.7. The molecule has 0 spiro atoms. The summed E-state index contributed by atoms with van der Waals surface area (Å²) < 4.78 is 34.8. The number of halogens is 2. The molecule has 5 aromatic rings. The zero-order chi connectivity index (χ0) is 45.6. The van der Waals surface area contributed by atoms with Crippen LogP contribution in [0.1, 0.15) is 70.0 Å². The highest BCUT2D eigenvalue weighted by atomic mass is 35.5. The van der Waals surface area contributed by atoms with Crippen molar-refractivity contribution < 1.29 is 62.3 Å². The SMILES string of the molecule is CC(=O)OCC1O[C@@H](Oc2cc3c(c4ccccc24)[C@H](CCl)CN3C(=O)c2ccc(C(=O)N3C[C@@H](CCl)c4c3cc(O)c3ccccc43)s2)C(OC(C)=O)C(OC(C)=O)[C@H]1OC(C)=O. The average molecular weight is 934 g/mol. The van der Waals surface area contributed by atoms with Crippen LogP contribution in [0, 0.1) is 0 Å². The molecule has 7 atom stereocenters. The van der Waals surface area contributed by atoms with Crippen molar-refractivity contribution in [1.82, 2.24) is 0 Å². The Labute approximate surface area is 380 Å². The van der Waals surface area contributed by atoms with Crippen LogP contribution in [0.5, 0.6) is 11.5 Å². The van der Waals surface area contributed by atoms with E-state index in [0.717, 1.165) is 48.6 Å². The topological polar surface area (TPSA) is 185 Å². The standard InChI is InChI=1S/C46H42Cl2N2O13S/c1-22(51)58-21-36-41(59-23(2)52)42(60-24(3)53)43(61-25(4)54)46(63-36)62-35-16-33-40(31-12-8-6-10-29(31)35)27(18-48)20-50(33)45(57)38-14-13-37(64-38)44(56)49-19-26(17-47)39-30-11-7-5-9-28(30)34(55)15-32(39)49/h5-16,26-27,36,41-43,46,55H,17-21H2,1-4H3/t26-,27-,36?,41+,42?,43?,46-/m1/s1. The van der Waals surface area contributed by atoms with E-state index in [9.17, 15) is 33.9 Å². The summed E-state index contributed by atoms with van der Waals surface area (Å²) in [5.74, 6) is -3.68. The van der Waals surface area contributed by atoms with Crippen molar-refractivity contribution in [3.63, 3.8) is 0 Å². The molecule has 0 aliphatic carbocycles.